The molecule has 2 aliphatic carbocycles. The highest BCUT2D eigenvalue weighted by atomic mass is 16.2. The molecule has 0 aromatic rings. The Bertz CT molecular complexity index is 201. The minimum Gasteiger partial charge on any atom is -0.352 e. The second-order valence-electron chi connectivity index (χ2n) is 4.46. The van der Waals surface area contributed by atoms with E-state index in [1.165, 1.54) is 12.8 Å². The number of rotatable bonds is 5. The summed E-state index contributed by atoms with van der Waals surface area (Å²) in [7, 11) is 0. The summed E-state index contributed by atoms with van der Waals surface area (Å²) in [6.07, 6.45) is 3.84. The maximum Gasteiger partial charge on any atom is 0.234 e. The first-order valence-corrected chi connectivity index (χ1v) is 5.26. The van der Waals surface area contributed by atoms with Gasteiger partial charge in [0, 0.05) is 6.04 Å². The van der Waals surface area contributed by atoms with Crippen LogP contribution in [0.5, 0.6) is 0 Å². The van der Waals surface area contributed by atoms with E-state index in [1.54, 1.807) is 0 Å². The summed E-state index contributed by atoms with van der Waals surface area (Å²) < 4.78 is 0. The molecule has 3 nitrogen and oxygen atoms in total. The van der Waals surface area contributed by atoms with Crippen molar-refractivity contribution in [1.29, 1.82) is 0 Å². The van der Waals surface area contributed by atoms with Crippen LogP contribution in [-0.4, -0.2) is 25.0 Å². The molecule has 2 aliphatic rings. The van der Waals surface area contributed by atoms with Crippen LogP contribution < -0.4 is 10.6 Å². The maximum absolute atomic E-state index is 11.3. The van der Waals surface area contributed by atoms with E-state index in [0.717, 1.165) is 18.9 Å². The fourth-order valence-corrected chi connectivity index (χ4v) is 1.49. The molecule has 0 bridgehead atoms. The van der Waals surface area contributed by atoms with Gasteiger partial charge in [-0.3, -0.25) is 4.79 Å². The molecular weight excluding hydrogens is 164 g/mol. The first-order valence-electron chi connectivity index (χ1n) is 5.26. The molecule has 2 saturated carbocycles. The van der Waals surface area contributed by atoms with Gasteiger partial charge < -0.3 is 10.6 Å². The highest BCUT2D eigenvalue weighted by Gasteiger charge is 2.33. The Labute approximate surface area is 79.3 Å². The lowest BCUT2D eigenvalue weighted by atomic mass is 10.4. The summed E-state index contributed by atoms with van der Waals surface area (Å²) in [6, 6.07) is 0.468. The molecule has 13 heavy (non-hydrogen) atoms. The molecule has 74 valence electrons. The molecule has 2 atom stereocenters. The van der Waals surface area contributed by atoms with E-state index in [4.69, 9.17) is 0 Å². The summed E-state index contributed by atoms with van der Waals surface area (Å²) in [5.41, 5.74) is 0. The summed E-state index contributed by atoms with van der Waals surface area (Å²) >= 11 is 0. The number of hydrogen-bond donors (Lipinski definition) is 2. The second kappa shape index (κ2) is 3.66. The average Bonchev–Trinajstić information content (AvgIpc) is 2.93. The number of carbonyl (C=O) groups excluding carboxylic acids is 1. The highest BCUT2D eigenvalue weighted by molar-refractivity contribution is 5.78. The van der Waals surface area contributed by atoms with Crippen molar-refractivity contribution in [2.75, 3.05) is 13.1 Å². The third kappa shape index (κ3) is 2.99. The van der Waals surface area contributed by atoms with Gasteiger partial charge in [0.05, 0.1) is 6.54 Å². The van der Waals surface area contributed by atoms with Crippen molar-refractivity contribution in [3.63, 3.8) is 0 Å². The number of amides is 1. The van der Waals surface area contributed by atoms with E-state index in [2.05, 4.69) is 17.6 Å². The first kappa shape index (κ1) is 9.00. The van der Waals surface area contributed by atoms with E-state index in [1.807, 2.05) is 0 Å². The van der Waals surface area contributed by atoms with Gasteiger partial charge in [-0.2, -0.15) is 0 Å². The number of hydrogen-bond acceptors (Lipinski definition) is 2. The minimum atomic E-state index is 0.162. The molecule has 0 aromatic carbocycles. The molecule has 1 amide bonds. The van der Waals surface area contributed by atoms with Crippen molar-refractivity contribution in [3.05, 3.63) is 0 Å². The summed E-state index contributed by atoms with van der Waals surface area (Å²) in [5, 5.41) is 6.18. The van der Waals surface area contributed by atoms with E-state index < -0.39 is 0 Å². The Balaban J connectivity index is 1.50. The Morgan fingerprint density at radius 1 is 1.46 bits per heavy atom. The topological polar surface area (TPSA) is 41.1 Å². The Morgan fingerprint density at radius 3 is 2.69 bits per heavy atom. The van der Waals surface area contributed by atoms with Crippen LogP contribution in [0.25, 0.3) is 0 Å². The van der Waals surface area contributed by atoms with Gasteiger partial charge in [-0.15, -0.1) is 0 Å². The standard InChI is InChI=1S/C10H18N2O/c1-7-4-9(7)12-10(13)6-11-5-8-2-3-8/h7-9,11H,2-6H2,1H3,(H,12,13). The van der Waals surface area contributed by atoms with E-state index in [-0.39, 0.29) is 5.91 Å². The van der Waals surface area contributed by atoms with Gasteiger partial charge in [-0.05, 0) is 37.6 Å². The van der Waals surface area contributed by atoms with Crippen LogP contribution in [0.4, 0.5) is 0 Å². The van der Waals surface area contributed by atoms with Gasteiger partial charge in [0.1, 0.15) is 0 Å². The van der Waals surface area contributed by atoms with Crippen LogP contribution >= 0.6 is 0 Å². The zero-order valence-electron chi connectivity index (χ0n) is 8.18. The molecule has 0 saturated heterocycles. The molecule has 0 aliphatic heterocycles. The van der Waals surface area contributed by atoms with E-state index in [9.17, 15) is 4.79 Å². The number of nitrogens with one attached hydrogen (secondary N) is 2. The lowest BCUT2D eigenvalue weighted by Crippen LogP contribution is -2.36. The molecule has 2 unspecified atom stereocenters. The molecule has 3 heteroatoms. The van der Waals surface area contributed by atoms with Crippen molar-refractivity contribution in [2.24, 2.45) is 11.8 Å². The fraction of sp³-hybridized carbons (Fsp3) is 0.900. The lowest BCUT2D eigenvalue weighted by molar-refractivity contribution is -0.120. The van der Waals surface area contributed by atoms with Crippen LogP contribution in [-0.2, 0) is 4.79 Å². The van der Waals surface area contributed by atoms with Crippen LogP contribution in [0.3, 0.4) is 0 Å². The van der Waals surface area contributed by atoms with Gasteiger partial charge in [0.15, 0.2) is 0 Å². The quantitative estimate of drug-likeness (QED) is 0.650. The van der Waals surface area contributed by atoms with Gasteiger partial charge in [0.25, 0.3) is 0 Å². The molecule has 0 radical (unpaired) electrons. The summed E-state index contributed by atoms with van der Waals surface area (Å²) in [4.78, 5) is 11.3. The van der Waals surface area contributed by atoms with E-state index >= 15 is 0 Å². The third-order valence-corrected chi connectivity index (χ3v) is 2.87. The zero-order valence-corrected chi connectivity index (χ0v) is 8.18. The molecule has 0 spiro atoms. The summed E-state index contributed by atoms with van der Waals surface area (Å²) in [6.45, 7) is 3.69. The third-order valence-electron chi connectivity index (χ3n) is 2.87. The lowest BCUT2D eigenvalue weighted by Gasteiger charge is -2.04. The first-order chi connectivity index (χ1) is 6.25. The van der Waals surface area contributed by atoms with Crippen LogP contribution in [0.15, 0.2) is 0 Å². The van der Waals surface area contributed by atoms with Crippen molar-refractivity contribution in [2.45, 2.75) is 32.2 Å². The molecular formula is C10H18N2O. The van der Waals surface area contributed by atoms with Crippen LogP contribution in [0.2, 0.25) is 0 Å². The molecule has 2 rings (SSSR count). The predicted molar refractivity (Wildman–Crippen MR) is 51.3 cm³/mol. The number of carbonyl (C=O) groups is 1. The van der Waals surface area contributed by atoms with Gasteiger partial charge in [-0.25, -0.2) is 0 Å². The van der Waals surface area contributed by atoms with Crippen LogP contribution in [0.1, 0.15) is 26.2 Å². The average molecular weight is 182 g/mol. The molecule has 0 aromatic heterocycles. The van der Waals surface area contributed by atoms with Gasteiger partial charge in [0.2, 0.25) is 5.91 Å². The normalized spacial score (nSPS) is 31.5. The monoisotopic (exact) mass is 182 g/mol. The van der Waals surface area contributed by atoms with E-state index in [0.29, 0.717) is 18.5 Å². The van der Waals surface area contributed by atoms with Crippen molar-refractivity contribution < 1.29 is 4.79 Å². The second-order valence-corrected chi connectivity index (χ2v) is 4.46. The molecule has 0 heterocycles. The Kier molecular flexibility index (Phi) is 2.54. The van der Waals surface area contributed by atoms with Crippen molar-refractivity contribution >= 4 is 5.91 Å². The maximum atomic E-state index is 11.3. The van der Waals surface area contributed by atoms with Crippen molar-refractivity contribution in [1.82, 2.24) is 10.6 Å². The minimum absolute atomic E-state index is 0.162. The van der Waals surface area contributed by atoms with Gasteiger partial charge >= 0.3 is 0 Å². The Morgan fingerprint density at radius 2 is 2.15 bits per heavy atom. The predicted octanol–water partition coefficient (Wildman–Crippen LogP) is 0.511. The Hall–Kier alpha value is -0.570. The highest BCUT2D eigenvalue weighted by Crippen LogP contribution is 2.29. The molecule has 2 fully saturated rings. The van der Waals surface area contributed by atoms with Gasteiger partial charge in [-0.1, -0.05) is 6.92 Å². The summed E-state index contributed by atoms with van der Waals surface area (Å²) in [5.74, 6) is 1.72. The smallest absolute Gasteiger partial charge is 0.234 e. The molecule has 2 N–H and O–H groups in total. The SMILES string of the molecule is CC1CC1NC(=O)CNCC1CC1. The largest absolute Gasteiger partial charge is 0.352 e. The van der Waals surface area contributed by atoms with Crippen LogP contribution in [0, 0.1) is 11.8 Å². The fourth-order valence-electron chi connectivity index (χ4n) is 1.49. The van der Waals surface area contributed by atoms with Crippen molar-refractivity contribution in [3.8, 4) is 0 Å². The zero-order chi connectivity index (χ0) is 9.26.